The Labute approximate surface area is 142 Å². The van der Waals surface area contributed by atoms with Crippen molar-refractivity contribution in [2.24, 2.45) is 11.3 Å². The highest BCUT2D eigenvalue weighted by atomic mass is 16.6. The number of carbonyl (C=O) groups is 2. The van der Waals surface area contributed by atoms with Crippen molar-refractivity contribution in [3.63, 3.8) is 0 Å². The number of ether oxygens (including phenoxy) is 1. The van der Waals surface area contributed by atoms with E-state index < -0.39 is 11.7 Å². The number of carbonyl (C=O) groups excluding carboxylic acids is 2. The molecule has 6 nitrogen and oxygen atoms in total. The van der Waals surface area contributed by atoms with Crippen LogP contribution in [0.5, 0.6) is 0 Å². The maximum absolute atomic E-state index is 12.6. The molecule has 1 fully saturated rings. The minimum absolute atomic E-state index is 0.0941. The van der Waals surface area contributed by atoms with Crippen molar-refractivity contribution in [2.45, 2.75) is 65.4 Å². The third-order valence-electron chi connectivity index (χ3n) is 5.35. The number of hydrogen-bond donors (Lipinski definition) is 0. The van der Waals surface area contributed by atoms with Gasteiger partial charge in [-0.2, -0.15) is 0 Å². The molecule has 0 aromatic carbocycles. The van der Waals surface area contributed by atoms with Gasteiger partial charge in [0, 0.05) is 23.9 Å². The van der Waals surface area contributed by atoms with Crippen molar-refractivity contribution < 1.29 is 18.8 Å². The van der Waals surface area contributed by atoms with Crippen LogP contribution in [-0.4, -0.2) is 34.2 Å². The van der Waals surface area contributed by atoms with E-state index in [4.69, 9.17) is 9.26 Å². The quantitative estimate of drug-likeness (QED) is 0.728. The fourth-order valence-corrected chi connectivity index (χ4v) is 4.39. The Morgan fingerprint density at radius 1 is 1.38 bits per heavy atom. The molecule has 3 rings (SSSR count). The van der Waals surface area contributed by atoms with Gasteiger partial charge in [-0.15, -0.1) is 0 Å². The number of nitrogens with zero attached hydrogens (tertiary/aromatic N) is 2. The number of fused-ring (bicyclic) bond motifs is 2. The van der Waals surface area contributed by atoms with E-state index in [2.05, 4.69) is 25.9 Å². The topological polar surface area (TPSA) is 72.6 Å². The van der Waals surface area contributed by atoms with Crippen LogP contribution < -0.4 is 0 Å². The molecule has 0 spiro atoms. The van der Waals surface area contributed by atoms with Crippen LogP contribution in [0.15, 0.2) is 10.7 Å². The van der Waals surface area contributed by atoms with Crippen LogP contribution in [0, 0.1) is 11.3 Å². The molecule has 2 heterocycles. The summed E-state index contributed by atoms with van der Waals surface area (Å²) < 4.78 is 10.9. The molecule has 2 atom stereocenters. The van der Waals surface area contributed by atoms with Gasteiger partial charge >= 0.3 is 6.09 Å². The lowest BCUT2D eigenvalue weighted by molar-refractivity contribution is -0.143. The molecule has 0 saturated carbocycles. The summed E-state index contributed by atoms with van der Waals surface area (Å²) in [4.78, 5) is 26.4. The van der Waals surface area contributed by atoms with Gasteiger partial charge in [-0.1, -0.05) is 25.9 Å². The highest BCUT2D eigenvalue weighted by molar-refractivity contribution is 5.93. The van der Waals surface area contributed by atoms with E-state index in [-0.39, 0.29) is 22.7 Å². The first-order chi connectivity index (χ1) is 10.9. The highest BCUT2D eigenvalue weighted by Crippen LogP contribution is 2.54. The normalized spacial score (nSPS) is 29.0. The first-order valence-corrected chi connectivity index (χ1v) is 8.41. The third-order valence-corrected chi connectivity index (χ3v) is 5.35. The van der Waals surface area contributed by atoms with Gasteiger partial charge in [-0.05, 0) is 38.5 Å². The standard InChI is InChI=1S/C18H26N2O4/c1-16(2,3)23-15(22)20-10-18(6)8-11-9-19-24-14(11)17(4,5)12(18)7-13(20)21/h9,12H,7-8,10H2,1-6H3/t12-,18+/m0/s1. The molecule has 0 N–H and O–H groups in total. The molecular formula is C18H26N2O4. The number of piperidine rings is 1. The monoisotopic (exact) mass is 334 g/mol. The maximum atomic E-state index is 12.6. The number of hydrogen-bond acceptors (Lipinski definition) is 5. The van der Waals surface area contributed by atoms with Gasteiger partial charge in [-0.3, -0.25) is 4.79 Å². The van der Waals surface area contributed by atoms with E-state index in [1.807, 2.05) is 0 Å². The molecule has 1 aliphatic heterocycles. The lowest BCUT2D eigenvalue weighted by atomic mass is 9.54. The van der Waals surface area contributed by atoms with Crippen molar-refractivity contribution in [1.82, 2.24) is 10.1 Å². The Hall–Kier alpha value is -1.85. The molecular weight excluding hydrogens is 308 g/mol. The van der Waals surface area contributed by atoms with Gasteiger partial charge in [0.05, 0.1) is 6.20 Å². The summed E-state index contributed by atoms with van der Waals surface area (Å²) in [5.41, 5.74) is -0.0681. The van der Waals surface area contributed by atoms with Crippen molar-refractivity contribution in [2.75, 3.05) is 6.54 Å². The summed E-state index contributed by atoms with van der Waals surface area (Å²) in [7, 11) is 0. The molecule has 6 heteroatoms. The van der Waals surface area contributed by atoms with Crippen molar-refractivity contribution in [3.05, 3.63) is 17.5 Å². The number of amides is 2. The SMILES string of the molecule is CC(C)(C)OC(=O)N1C[C@@]2(C)Cc3cnoc3C(C)(C)[C@@H]2CC1=O. The lowest BCUT2D eigenvalue weighted by Gasteiger charge is -2.53. The molecule has 2 amide bonds. The van der Waals surface area contributed by atoms with Gasteiger partial charge < -0.3 is 9.26 Å². The number of rotatable bonds is 0. The number of aromatic nitrogens is 1. The van der Waals surface area contributed by atoms with Gasteiger partial charge in [0.25, 0.3) is 0 Å². The van der Waals surface area contributed by atoms with Crippen LogP contribution in [0.25, 0.3) is 0 Å². The van der Waals surface area contributed by atoms with Crippen LogP contribution in [0.4, 0.5) is 4.79 Å². The van der Waals surface area contributed by atoms with Crippen molar-refractivity contribution >= 4 is 12.0 Å². The minimum atomic E-state index is -0.622. The summed E-state index contributed by atoms with van der Waals surface area (Å²) in [6, 6.07) is 0. The molecule has 24 heavy (non-hydrogen) atoms. The summed E-state index contributed by atoms with van der Waals surface area (Å²) >= 11 is 0. The van der Waals surface area contributed by atoms with Gasteiger partial charge in [0.2, 0.25) is 5.91 Å². The molecule has 0 unspecified atom stereocenters. The largest absolute Gasteiger partial charge is 0.443 e. The highest BCUT2D eigenvalue weighted by Gasteiger charge is 2.56. The Balaban J connectivity index is 1.92. The first-order valence-electron chi connectivity index (χ1n) is 8.41. The Bertz CT molecular complexity index is 685. The molecule has 0 bridgehead atoms. The second kappa shape index (κ2) is 5.07. The average molecular weight is 334 g/mol. The summed E-state index contributed by atoms with van der Waals surface area (Å²) in [6.07, 6.45) is 2.25. The molecule has 132 valence electrons. The fraction of sp³-hybridized carbons (Fsp3) is 0.722. The van der Waals surface area contributed by atoms with Gasteiger partial charge in [-0.25, -0.2) is 9.69 Å². The molecule has 1 aromatic rings. The zero-order valence-electron chi connectivity index (χ0n) is 15.3. The number of imide groups is 1. The maximum Gasteiger partial charge on any atom is 0.417 e. The summed E-state index contributed by atoms with van der Waals surface area (Å²) in [5.74, 6) is 0.780. The second-order valence-corrected chi connectivity index (χ2v) is 8.95. The minimum Gasteiger partial charge on any atom is -0.443 e. The van der Waals surface area contributed by atoms with Crippen LogP contribution in [0.3, 0.4) is 0 Å². The van der Waals surface area contributed by atoms with E-state index in [0.717, 1.165) is 17.7 Å². The van der Waals surface area contributed by atoms with Gasteiger partial charge in [0.15, 0.2) is 0 Å². The Kier molecular flexibility index (Phi) is 3.59. The fourth-order valence-electron chi connectivity index (χ4n) is 4.39. The van der Waals surface area contributed by atoms with Crippen LogP contribution >= 0.6 is 0 Å². The first kappa shape index (κ1) is 17.0. The Morgan fingerprint density at radius 2 is 2.04 bits per heavy atom. The zero-order valence-corrected chi connectivity index (χ0v) is 15.3. The summed E-state index contributed by atoms with van der Waals surface area (Å²) in [5, 5.41) is 3.94. The molecule has 0 radical (unpaired) electrons. The lowest BCUT2D eigenvalue weighted by Crippen LogP contribution is -2.59. The van der Waals surface area contributed by atoms with Gasteiger partial charge in [0.1, 0.15) is 11.4 Å². The van der Waals surface area contributed by atoms with Crippen LogP contribution in [0.1, 0.15) is 59.3 Å². The van der Waals surface area contributed by atoms with E-state index in [9.17, 15) is 9.59 Å². The second-order valence-electron chi connectivity index (χ2n) is 8.95. The van der Waals surface area contributed by atoms with Crippen molar-refractivity contribution in [1.29, 1.82) is 0 Å². The van der Waals surface area contributed by atoms with E-state index in [1.54, 1.807) is 27.0 Å². The number of likely N-dealkylation sites (tertiary alicyclic amines) is 1. The molecule has 1 aliphatic carbocycles. The average Bonchev–Trinajstić information content (AvgIpc) is 2.87. The predicted molar refractivity (Wildman–Crippen MR) is 87.4 cm³/mol. The van der Waals surface area contributed by atoms with Crippen molar-refractivity contribution in [3.8, 4) is 0 Å². The smallest absolute Gasteiger partial charge is 0.417 e. The third kappa shape index (κ3) is 2.62. The molecule has 1 aromatic heterocycles. The van der Waals surface area contributed by atoms with Crippen LogP contribution in [-0.2, 0) is 21.4 Å². The van der Waals surface area contributed by atoms with E-state index >= 15 is 0 Å². The summed E-state index contributed by atoms with van der Waals surface area (Å²) in [6.45, 7) is 12.1. The predicted octanol–water partition coefficient (Wildman–Crippen LogP) is 3.30. The Morgan fingerprint density at radius 3 is 2.67 bits per heavy atom. The van der Waals surface area contributed by atoms with E-state index in [0.29, 0.717) is 13.0 Å². The molecule has 1 saturated heterocycles. The zero-order chi connectivity index (χ0) is 17.9. The molecule has 2 aliphatic rings. The van der Waals surface area contributed by atoms with Crippen LogP contribution in [0.2, 0.25) is 0 Å². The van der Waals surface area contributed by atoms with E-state index in [1.165, 1.54) is 4.90 Å².